The van der Waals surface area contributed by atoms with Crippen LogP contribution in [0.4, 0.5) is 16.1 Å². The molecule has 0 radical (unpaired) electrons. The fraction of sp³-hybridized carbons (Fsp3) is 0.591. The van der Waals surface area contributed by atoms with E-state index in [9.17, 15) is 12.8 Å². The number of halogens is 1. The summed E-state index contributed by atoms with van der Waals surface area (Å²) >= 11 is 0. The average Bonchev–Trinajstić information content (AvgIpc) is 3.29. The zero-order valence-corrected chi connectivity index (χ0v) is 20.0. The highest BCUT2D eigenvalue weighted by Gasteiger charge is 2.25. The first-order valence-electron chi connectivity index (χ1n) is 11.3. The Morgan fingerprint density at radius 1 is 1.15 bits per heavy atom. The van der Waals surface area contributed by atoms with E-state index in [0.717, 1.165) is 44.0 Å². The third-order valence-electron chi connectivity index (χ3n) is 6.02. The van der Waals surface area contributed by atoms with E-state index in [1.807, 2.05) is 18.7 Å². The molecule has 0 amide bonds. The van der Waals surface area contributed by atoms with Crippen molar-refractivity contribution in [2.24, 2.45) is 5.16 Å². The number of hydrogen-bond acceptors (Lipinski definition) is 9. The highest BCUT2D eigenvalue weighted by atomic mass is 32.2. The van der Waals surface area contributed by atoms with Gasteiger partial charge in [-0.15, -0.1) is 0 Å². The lowest BCUT2D eigenvalue weighted by atomic mass is 10.1. The lowest BCUT2D eigenvalue weighted by Crippen LogP contribution is -2.37. The molecule has 0 unspecified atom stereocenters. The number of aromatic nitrogens is 2. The van der Waals surface area contributed by atoms with Crippen LogP contribution >= 0.6 is 0 Å². The fourth-order valence-electron chi connectivity index (χ4n) is 3.96. The number of benzene rings is 1. The zero-order valence-electron chi connectivity index (χ0n) is 19.2. The van der Waals surface area contributed by atoms with Crippen molar-refractivity contribution in [3.05, 3.63) is 29.8 Å². The predicted molar refractivity (Wildman–Crippen MR) is 123 cm³/mol. The van der Waals surface area contributed by atoms with Crippen LogP contribution in [0.15, 0.2) is 32.8 Å². The van der Waals surface area contributed by atoms with Gasteiger partial charge in [0.05, 0.1) is 16.3 Å². The summed E-state index contributed by atoms with van der Waals surface area (Å²) in [4.78, 5) is 14.2. The maximum atomic E-state index is 14.5. The van der Waals surface area contributed by atoms with Crippen LogP contribution < -0.4 is 9.80 Å². The topological polar surface area (TPSA) is 101 Å². The molecule has 9 nitrogen and oxygen atoms in total. The summed E-state index contributed by atoms with van der Waals surface area (Å²) in [6, 6.07) is 4.63. The first-order valence-corrected chi connectivity index (χ1v) is 13.1. The largest absolute Gasteiger partial charge is 0.392 e. The second-order valence-electron chi connectivity index (χ2n) is 8.91. The summed E-state index contributed by atoms with van der Waals surface area (Å²) in [5.41, 5.74) is 1.37. The van der Waals surface area contributed by atoms with Gasteiger partial charge in [0.2, 0.25) is 0 Å². The van der Waals surface area contributed by atoms with Crippen LogP contribution in [0.25, 0.3) is 0 Å². The summed E-state index contributed by atoms with van der Waals surface area (Å²) in [6.07, 6.45) is 4.10. The third kappa shape index (κ3) is 5.63. The molecule has 0 N–H and O–H groups in total. The van der Waals surface area contributed by atoms with Crippen molar-refractivity contribution < 1.29 is 22.2 Å². The van der Waals surface area contributed by atoms with E-state index in [1.54, 1.807) is 0 Å². The minimum absolute atomic E-state index is 0.0121. The molecule has 1 aromatic heterocycles. The summed E-state index contributed by atoms with van der Waals surface area (Å²) in [6.45, 7) is 6.81. The van der Waals surface area contributed by atoms with Gasteiger partial charge in [-0.3, -0.25) is 0 Å². The molecule has 0 bridgehead atoms. The SMILES string of the molecule is CC(C)c1noc(N2CCC(ON=C3CCN(c4ccc(S(C)(=O)=O)cc4F)CC3)CC2)n1. The van der Waals surface area contributed by atoms with Gasteiger partial charge in [-0.2, -0.15) is 4.98 Å². The van der Waals surface area contributed by atoms with Crippen molar-refractivity contribution in [1.82, 2.24) is 10.1 Å². The quantitative estimate of drug-likeness (QED) is 0.581. The van der Waals surface area contributed by atoms with Gasteiger partial charge in [-0.05, 0) is 18.2 Å². The molecule has 0 aliphatic carbocycles. The summed E-state index contributed by atoms with van der Waals surface area (Å²) in [5.74, 6) is 0.421. The van der Waals surface area contributed by atoms with Crippen molar-refractivity contribution in [3.8, 4) is 0 Å². The molecule has 11 heteroatoms. The maximum absolute atomic E-state index is 14.5. The second kappa shape index (κ2) is 9.66. The van der Waals surface area contributed by atoms with Crippen LogP contribution in [0.2, 0.25) is 0 Å². The van der Waals surface area contributed by atoms with Crippen LogP contribution in [0.5, 0.6) is 0 Å². The van der Waals surface area contributed by atoms with E-state index in [4.69, 9.17) is 9.36 Å². The molecule has 2 aromatic rings. The molecule has 4 rings (SSSR count). The van der Waals surface area contributed by atoms with Crippen molar-refractivity contribution in [3.63, 3.8) is 0 Å². The third-order valence-corrected chi connectivity index (χ3v) is 7.13. The molecule has 1 aromatic carbocycles. The van der Waals surface area contributed by atoms with Crippen LogP contribution in [0.3, 0.4) is 0 Å². The molecule has 0 saturated carbocycles. The number of sulfone groups is 1. The first-order chi connectivity index (χ1) is 15.7. The Kier molecular flexibility index (Phi) is 6.87. The minimum atomic E-state index is -3.43. The van der Waals surface area contributed by atoms with Gasteiger partial charge in [0.15, 0.2) is 15.7 Å². The Morgan fingerprint density at radius 3 is 2.42 bits per heavy atom. The standard InChI is InChI=1S/C22H30FN5O4S/c1-15(2)21-24-22(32-26-21)28-12-8-17(9-13-28)31-25-16-6-10-27(11-7-16)20-5-4-18(14-19(20)23)33(3,29)30/h4-5,14-15,17H,6-13H2,1-3H3. The summed E-state index contributed by atoms with van der Waals surface area (Å²) < 4.78 is 43.1. The van der Waals surface area contributed by atoms with Gasteiger partial charge in [-0.25, -0.2) is 12.8 Å². The minimum Gasteiger partial charge on any atom is -0.392 e. The Balaban J connectivity index is 1.25. The van der Waals surface area contributed by atoms with Crippen molar-refractivity contribution in [2.45, 2.75) is 56.4 Å². The highest BCUT2D eigenvalue weighted by Crippen LogP contribution is 2.26. The molecule has 0 spiro atoms. The molecular formula is C22H30FN5O4S. The molecular weight excluding hydrogens is 449 g/mol. The van der Waals surface area contributed by atoms with Crippen LogP contribution in [0, 0.1) is 5.82 Å². The van der Waals surface area contributed by atoms with Crippen LogP contribution in [-0.4, -0.2) is 62.8 Å². The van der Waals surface area contributed by atoms with Gasteiger partial charge in [0.25, 0.3) is 0 Å². The molecule has 0 atom stereocenters. The molecule has 2 aliphatic heterocycles. The van der Waals surface area contributed by atoms with Gasteiger partial charge in [-0.1, -0.05) is 24.2 Å². The second-order valence-corrected chi connectivity index (χ2v) is 10.9. The summed E-state index contributed by atoms with van der Waals surface area (Å²) in [5, 5.41) is 8.40. The molecule has 180 valence electrons. The van der Waals surface area contributed by atoms with E-state index in [2.05, 4.69) is 20.2 Å². The maximum Gasteiger partial charge on any atom is 0.324 e. The lowest BCUT2D eigenvalue weighted by Gasteiger charge is -2.31. The van der Waals surface area contributed by atoms with Crippen LogP contribution in [0.1, 0.15) is 51.3 Å². The average molecular weight is 480 g/mol. The van der Waals surface area contributed by atoms with Gasteiger partial charge >= 0.3 is 6.01 Å². The van der Waals surface area contributed by atoms with Gasteiger partial charge in [0, 0.05) is 64.0 Å². The number of anilines is 2. The zero-order chi connectivity index (χ0) is 23.6. The molecule has 2 saturated heterocycles. The van der Waals surface area contributed by atoms with Crippen molar-refractivity contribution in [2.75, 3.05) is 42.2 Å². The number of piperidine rings is 2. The van der Waals surface area contributed by atoms with E-state index < -0.39 is 15.7 Å². The highest BCUT2D eigenvalue weighted by molar-refractivity contribution is 7.90. The molecule has 3 heterocycles. The Morgan fingerprint density at radius 2 is 1.85 bits per heavy atom. The Bertz CT molecular complexity index is 1100. The van der Waals surface area contributed by atoms with Crippen molar-refractivity contribution in [1.29, 1.82) is 0 Å². The fourth-order valence-corrected chi connectivity index (χ4v) is 4.60. The molecule has 2 fully saturated rings. The number of hydrogen-bond donors (Lipinski definition) is 0. The Labute approximate surface area is 193 Å². The lowest BCUT2D eigenvalue weighted by molar-refractivity contribution is 0.0403. The first kappa shape index (κ1) is 23.5. The van der Waals surface area contributed by atoms with E-state index in [1.165, 1.54) is 12.1 Å². The number of oxime groups is 1. The van der Waals surface area contributed by atoms with E-state index in [-0.39, 0.29) is 16.9 Å². The van der Waals surface area contributed by atoms with Gasteiger partial charge in [0.1, 0.15) is 11.9 Å². The van der Waals surface area contributed by atoms with Crippen LogP contribution in [-0.2, 0) is 14.7 Å². The molecule has 2 aliphatic rings. The number of nitrogens with zero attached hydrogens (tertiary/aromatic N) is 5. The molecule has 33 heavy (non-hydrogen) atoms. The normalized spacial score (nSPS) is 18.2. The van der Waals surface area contributed by atoms with E-state index in [0.29, 0.717) is 43.5 Å². The predicted octanol–water partition coefficient (Wildman–Crippen LogP) is 3.38. The summed E-state index contributed by atoms with van der Waals surface area (Å²) in [7, 11) is -3.43. The van der Waals surface area contributed by atoms with Crippen molar-refractivity contribution >= 4 is 27.3 Å². The smallest absolute Gasteiger partial charge is 0.324 e. The monoisotopic (exact) mass is 479 g/mol. The van der Waals surface area contributed by atoms with Gasteiger partial charge < -0.3 is 19.2 Å². The van der Waals surface area contributed by atoms with E-state index >= 15 is 0 Å². The Hall–Kier alpha value is -2.69. The number of rotatable bonds is 6.